The molecule has 1 aliphatic rings. The molecule has 1 unspecified atom stereocenters. The molecule has 4 nitrogen and oxygen atoms in total. The first-order valence-electron chi connectivity index (χ1n) is 7.20. The van der Waals surface area contributed by atoms with Gasteiger partial charge in [-0.15, -0.1) is 0 Å². The van der Waals surface area contributed by atoms with Crippen LogP contribution in [0, 0.1) is 11.7 Å². The topological polar surface area (TPSA) is 55.1 Å². The van der Waals surface area contributed by atoms with Gasteiger partial charge < -0.3 is 5.11 Å². The minimum absolute atomic E-state index is 0.104. The third-order valence-electron chi connectivity index (χ3n) is 4.20. The lowest BCUT2D eigenvalue weighted by molar-refractivity contribution is 0.0688. The van der Waals surface area contributed by atoms with E-state index in [0.717, 1.165) is 36.9 Å². The number of aromatic carboxylic acids is 1. The van der Waals surface area contributed by atoms with Crippen molar-refractivity contribution in [2.45, 2.75) is 32.6 Å². The van der Waals surface area contributed by atoms with Crippen molar-refractivity contribution in [3.63, 3.8) is 0 Å². The number of carboxylic acid groups (broad SMARTS) is 1. The second kappa shape index (κ2) is 5.31. The van der Waals surface area contributed by atoms with Crippen molar-refractivity contribution in [3.8, 4) is 5.69 Å². The SMILES string of the molecule is CCC1CCc2c(c(C(=O)O)nn2-c2cccc(F)c2)C1. The van der Waals surface area contributed by atoms with E-state index in [1.807, 2.05) is 0 Å². The van der Waals surface area contributed by atoms with Gasteiger partial charge >= 0.3 is 5.97 Å². The molecule has 1 aromatic heterocycles. The Morgan fingerprint density at radius 1 is 1.52 bits per heavy atom. The number of rotatable bonds is 3. The minimum Gasteiger partial charge on any atom is -0.476 e. The van der Waals surface area contributed by atoms with E-state index in [1.165, 1.54) is 12.1 Å². The van der Waals surface area contributed by atoms with Gasteiger partial charge in [-0.1, -0.05) is 19.4 Å². The molecular weight excluding hydrogens is 271 g/mol. The standard InChI is InChI=1S/C16H17FN2O2/c1-2-10-6-7-14-13(8-10)15(16(20)21)18-19(14)12-5-3-4-11(17)9-12/h3-5,9-10H,2,6-8H2,1H3,(H,20,21). The zero-order valence-electron chi connectivity index (χ0n) is 11.8. The molecule has 0 fully saturated rings. The Morgan fingerprint density at radius 3 is 3.00 bits per heavy atom. The predicted octanol–water partition coefficient (Wildman–Crippen LogP) is 3.22. The van der Waals surface area contributed by atoms with Crippen LogP contribution in [0.2, 0.25) is 0 Å². The summed E-state index contributed by atoms with van der Waals surface area (Å²) in [6.45, 7) is 2.12. The molecule has 3 rings (SSSR count). The Kier molecular flexibility index (Phi) is 3.49. The molecule has 0 saturated carbocycles. The maximum atomic E-state index is 13.4. The Hall–Kier alpha value is -2.17. The van der Waals surface area contributed by atoms with Crippen LogP contribution in [0.1, 0.15) is 41.5 Å². The molecule has 0 radical (unpaired) electrons. The van der Waals surface area contributed by atoms with Gasteiger partial charge in [0, 0.05) is 11.3 Å². The van der Waals surface area contributed by atoms with E-state index in [1.54, 1.807) is 16.8 Å². The summed E-state index contributed by atoms with van der Waals surface area (Å²) in [4.78, 5) is 11.4. The number of carboxylic acids is 1. The number of fused-ring (bicyclic) bond motifs is 1. The molecular formula is C16H17FN2O2. The number of hydrogen-bond acceptors (Lipinski definition) is 2. The van der Waals surface area contributed by atoms with Crippen molar-refractivity contribution in [3.05, 3.63) is 47.0 Å². The number of benzene rings is 1. The monoisotopic (exact) mass is 288 g/mol. The van der Waals surface area contributed by atoms with Crippen molar-refractivity contribution in [1.29, 1.82) is 0 Å². The summed E-state index contributed by atoms with van der Waals surface area (Å²) in [7, 11) is 0. The summed E-state index contributed by atoms with van der Waals surface area (Å²) in [6.07, 6.45) is 3.57. The van der Waals surface area contributed by atoms with Gasteiger partial charge in [-0.3, -0.25) is 0 Å². The van der Waals surface area contributed by atoms with E-state index in [0.29, 0.717) is 11.6 Å². The summed E-state index contributed by atoms with van der Waals surface area (Å²) in [5.74, 6) is -0.866. The molecule has 0 saturated heterocycles. The highest BCUT2D eigenvalue weighted by Gasteiger charge is 2.28. The van der Waals surface area contributed by atoms with Crippen molar-refractivity contribution < 1.29 is 14.3 Å². The molecule has 1 aliphatic carbocycles. The van der Waals surface area contributed by atoms with Crippen LogP contribution in [-0.4, -0.2) is 20.9 Å². The number of nitrogens with zero attached hydrogens (tertiary/aromatic N) is 2. The molecule has 5 heteroatoms. The Bertz CT molecular complexity index is 694. The van der Waals surface area contributed by atoms with E-state index in [9.17, 15) is 14.3 Å². The smallest absolute Gasteiger partial charge is 0.356 e. The number of carbonyl (C=O) groups is 1. The highest BCUT2D eigenvalue weighted by Crippen LogP contribution is 2.31. The minimum atomic E-state index is -1.02. The zero-order valence-corrected chi connectivity index (χ0v) is 11.8. The van der Waals surface area contributed by atoms with Gasteiger partial charge in [0.25, 0.3) is 0 Å². The zero-order chi connectivity index (χ0) is 15.0. The van der Waals surface area contributed by atoms with Crippen LogP contribution in [0.5, 0.6) is 0 Å². The maximum absolute atomic E-state index is 13.4. The molecule has 21 heavy (non-hydrogen) atoms. The van der Waals surface area contributed by atoms with Gasteiger partial charge in [-0.05, 0) is 43.4 Å². The largest absolute Gasteiger partial charge is 0.476 e. The third-order valence-corrected chi connectivity index (χ3v) is 4.20. The second-order valence-electron chi connectivity index (χ2n) is 5.49. The van der Waals surface area contributed by atoms with E-state index in [4.69, 9.17) is 0 Å². The van der Waals surface area contributed by atoms with E-state index in [-0.39, 0.29) is 11.5 Å². The fourth-order valence-electron chi connectivity index (χ4n) is 3.03. The maximum Gasteiger partial charge on any atom is 0.356 e. The second-order valence-corrected chi connectivity index (χ2v) is 5.49. The van der Waals surface area contributed by atoms with Crippen molar-refractivity contribution >= 4 is 5.97 Å². The molecule has 1 aromatic carbocycles. The molecule has 0 aliphatic heterocycles. The highest BCUT2D eigenvalue weighted by molar-refractivity contribution is 5.87. The van der Waals surface area contributed by atoms with E-state index < -0.39 is 5.97 Å². The summed E-state index contributed by atoms with van der Waals surface area (Å²) < 4.78 is 15.0. The van der Waals surface area contributed by atoms with Gasteiger partial charge in [0.2, 0.25) is 0 Å². The molecule has 0 spiro atoms. The average molecular weight is 288 g/mol. The van der Waals surface area contributed by atoms with Gasteiger partial charge in [0.15, 0.2) is 5.69 Å². The molecule has 1 heterocycles. The lowest BCUT2D eigenvalue weighted by atomic mass is 9.85. The number of aromatic nitrogens is 2. The molecule has 2 aromatic rings. The molecule has 1 N–H and O–H groups in total. The lowest BCUT2D eigenvalue weighted by Gasteiger charge is -2.21. The van der Waals surface area contributed by atoms with Crippen LogP contribution in [0.15, 0.2) is 24.3 Å². The molecule has 0 bridgehead atoms. The van der Waals surface area contributed by atoms with E-state index >= 15 is 0 Å². The Labute approximate surface area is 122 Å². The molecule has 1 atom stereocenters. The fraction of sp³-hybridized carbons (Fsp3) is 0.375. The average Bonchev–Trinajstić information content (AvgIpc) is 2.86. The van der Waals surface area contributed by atoms with Crippen molar-refractivity contribution in [2.24, 2.45) is 5.92 Å². The first-order valence-corrected chi connectivity index (χ1v) is 7.20. The molecule has 0 amide bonds. The van der Waals surface area contributed by atoms with Crippen LogP contribution in [0.4, 0.5) is 4.39 Å². The third kappa shape index (κ3) is 2.44. The van der Waals surface area contributed by atoms with Crippen LogP contribution in [0.3, 0.4) is 0 Å². The van der Waals surface area contributed by atoms with Crippen molar-refractivity contribution in [2.75, 3.05) is 0 Å². The number of hydrogen-bond donors (Lipinski definition) is 1. The summed E-state index contributed by atoms with van der Waals surface area (Å²) in [5.41, 5.74) is 2.40. The Balaban J connectivity index is 2.13. The first-order chi connectivity index (χ1) is 10.1. The van der Waals surface area contributed by atoms with Crippen LogP contribution < -0.4 is 0 Å². The van der Waals surface area contributed by atoms with Gasteiger partial charge in [0.1, 0.15) is 5.82 Å². The van der Waals surface area contributed by atoms with Gasteiger partial charge in [-0.2, -0.15) is 5.10 Å². The van der Waals surface area contributed by atoms with Crippen LogP contribution >= 0.6 is 0 Å². The van der Waals surface area contributed by atoms with Gasteiger partial charge in [0.05, 0.1) is 5.69 Å². The normalized spacial score (nSPS) is 17.5. The van der Waals surface area contributed by atoms with Crippen LogP contribution in [0.25, 0.3) is 5.69 Å². The fourth-order valence-corrected chi connectivity index (χ4v) is 3.03. The quantitative estimate of drug-likeness (QED) is 0.943. The summed E-state index contributed by atoms with van der Waals surface area (Å²) in [5, 5.41) is 13.6. The van der Waals surface area contributed by atoms with Crippen LogP contribution in [-0.2, 0) is 12.8 Å². The first kappa shape index (κ1) is 13.8. The number of halogens is 1. The van der Waals surface area contributed by atoms with Crippen molar-refractivity contribution in [1.82, 2.24) is 9.78 Å². The highest BCUT2D eigenvalue weighted by atomic mass is 19.1. The Morgan fingerprint density at radius 2 is 2.33 bits per heavy atom. The summed E-state index contributed by atoms with van der Waals surface area (Å²) in [6, 6.07) is 6.10. The lowest BCUT2D eigenvalue weighted by Crippen LogP contribution is -2.16. The molecule has 110 valence electrons. The predicted molar refractivity (Wildman–Crippen MR) is 76.3 cm³/mol. The van der Waals surface area contributed by atoms with E-state index in [2.05, 4.69) is 12.0 Å². The van der Waals surface area contributed by atoms with Gasteiger partial charge in [-0.25, -0.2) is 13.9 Å². The summed E-state index contributed by atoms with van der Waals surface area (Å²) >= 11 is 0.